The Balaban J connectivity index is 2.55. The normalized spacial score (nSPS) is 10.3. The third-order valence-electron chi connectivity index (χ3n) is 1.93. The van der Waals surface area contributed by atoms with E-state index >= 15 is 0 Å². The summed E-state index contributed by atoms with van der Waals surface area (Å²) in [7, 11) is 0. The average Bonchev–Trinajstić information content (AvgIpc) is 2.23. The SMILES string of the molecule is Nc1cc(-c2ccccc2Cl)nnc1Cl. The van der Waals surface area contributed by atoms with E-state index in [-0.39, 0.29) is 5.15 Å². The summed E-state index contributed by atoms with van der Waals surface area (Å²) in [4.78, 5) is 0. The van der Waals surface area contributed by atoms with Crippen LogP contribution in [0.5, 0.6) is 0 Å². The Labute approximate surface area is 96.8 Å². The first-order valence-electron chi connectivity index (χ1n) is 4.22. The van der Waals surface area contributed by atoms with Crippen molar-refractivity contribution < 1.29 is 0 Å². The van der Waals surface area contributed by atoms with Gasteiger partial charge < -0.3 is 5.73 Å². The van der Waals surface area contributed by atoms with Gasteiger partial charge in [0.15, 0.2) is 5.15 Å². The quantitative estimate of drug-likeness (QED) is 0.833. The van der Waals surface area contributed by atoms with Crippen molar-refractivity contribution in [3.63, 3.8) is 0 Å². The van der Waals surface area contributed by atoms with Gasteiger partial charge in [0, 0.05) is 5.56 Å². The molecule has 0 atom stereocenters. The number of aromatic nitrogens is 2. The second-order valence-electron chi connectivity index (χ2n) is 2.96. The van der Waals surface area contributed by atoms with Crippen molar-refractivity contribution in [3.8, 4) is 11.3 Å². The smallest absolute Gasteiger partial charge is 0.174 e. The lowest BCUT2D eigenvalue weighted by Gasteiger charge is -2.03. The van der Waals surface area contributed by atoms with Crippen LogP contribution < -0.4 is 5.73 Å². The second kappa shape index (κ2) is 4.04. The number of hydrogen-bond acceptors (Lipinski definition) is 3. The van der Waals surface area contributed by atoms with Crippen LogP contribution in [0.15, 0.2) is 30.3 Å². The Kier molecular flexibility index (Phi) is 2.75. The molecule has 0 radical (unpaired) electrons. The Morgan fingerprint density at radius 3 is 2.47 bits per heavy atom. The van der Waals surface area contributed by atoms with Gasteiger partial charge in [-0.15, -0.1) is 10.2 Å². The van der Waals surface area contributed by atoms with Crippen molar-refractivity contribution in [3.05, 3.63) is 40.5 Å². The maximum Gasteiger partial charge on any atom is 0.174 e. The minimum absolute atomic E-state index is 0.200. The molecule has 0 fully saturated rings. The van der Waals surface area contributed by atoms with Gasteiger partial charge in [0.2, 0.25) is 0 Å². The van der Waals surface area contributed by atoms with E-state index in [9.17, 15) is 0 Å². The number of hydrogen-bond donors (Lipinski definition) is 1. The predicted octanol–water partition coefficient (Wildman–Crippen LogP) is 3.03. The summed E-state index contributed by atoms with van der Waals surface area (Å²) >= 11 is 11.7. The highest BCUT2D eigenvalue weighted by atomic mass is 35.5. The minimum Gasteiger partial charge on any atom is -0.396 e. The monoisotopic (exact) mass is 239 g/mol. The van der Waals surface area contributed by atoms with Crippen LogP contribution >= 0.6 is 23.2 Å². The van der Waals surface area contributed by atoms with Gasteiger partial charge in [0.05, 0.1) is 16.4 Å². The van der Waals surface area contributed by atoms with Gasteiger partial charge >= 0.3 is 0 Å². The third-order valence-corrected chi connectivity index (χ3v) is 2.55. The Morgan fingerprint density at radius 1 is 1.07 bits per heavy atom. The van der Waals surface area contributed by atoms with Crippen molar-refractivity contribution in [1.29, 1.82) is 0 Å². The van der Waals surface area contributed by atoms with Crippen LogP contribution in [0.3, 0.4) is 0 Å². The lowest BCUT2D eigenvalue weighted by atomic mass is 10.1. The molecule has 15 heavy (non-hydrogen) atoms. The molecular formula is C10H7Cl2N3. The molecule has 1 aromatic carbocycles. The summed E-state index contributed by atoms with van der Waals surface area (Å²) in [5.74, 6) is 0. The van der Waals surface area contributed by atoms with E-state index in [1.54, 1.807) is 12.1 Å². The van der Waals surface area contributed by atoms with E-state index in [0.29, 0.717) is 16.4 Å². The fourth-order valence-corrected chi connectivity index (χ4v) is 1.52. The summed E-state index contributed by atoms with van der Waals surface area (Å²) in [6.07, 6.45) is 0. The molecule has 5 heteroatoms. The highest BCUT2D eigenvalue weighted by molar-refractivity contribution is 6.33. The van der Waals surface area contributed by atoms with Gasteiger partial charge in [-0.05, 0) is 12.1 Å². The molecule has 76 valence electrons. The van der Waals surface area contributed by atoms with E-state index in [1.165, 1.54) is 0 Å². The van der Waals surface area contributed by atoms with Crippen LogP contribution in [-0.4, -0.2) is 10.2 Å². The first-order valence-corrected chi connectivity index (χ1v) is 4.97. The first kappa shape index (κ1) is 10.2. The van der Waals surface area contributed by atoms with Gasteiger partial charge in [-0.3, -0.25) is 0 Å². The van der Waals surface area contributed by atoms with Crippen molar-refractivity contribution in [2.45, 2.75) is 0 Å². The number of benzene rings is 1. The zero-order chi connectivity index (χ0) is 10.8. The number of halogens is 2. The first-order chi connectivity index (χ1) is 7.18. The maximum atomic E-state index is 6.01. The van der Waals surface area contributed by atoms with Gasteiger partial charge in [0.1, 0.15) is 0 Å². The molecule has 1 aromatic heterocycles. The summed E-state index contributed by atoms with van der Waals surface area (Å²) in [5, 5.41) is 8.46. The molecule has 2 aromatic rings. The lowest BCUT2D eigenvalue weighted by Crippen LogP contribution is -1.94. The fourth-order valence-electron chi connectivity index (χ4n) is 1.19. The zero-order valence-corrected chi connectivity index (χ0v) is 9.13. The highest BCUT2D eigenvalue weighted by Gasteiger charge is 2.06. The van der Waals surface area contributed by atoms with Crippen LogP contribution in [-0.2, 0) is 0 Å². The predicted molar refractivity (Wildman–Crippen MR) is 61.9 cm³/mol. The van der Waals surface area contributed by atoms with Gasteiger partial charge in [0.25, 0.3) is 0 Å². The molecule has 1 heterocycles. The van der Waals surface area contributed by atoms with Crippen molar-refractivity contribution in [2.75, 3.05) is 5.73 Å². The molecule has 0 aliphatic heterocycles. The fraction of sp³-hybridized carbons (Fsp3) is 0. The van der Waals surface area contributed by atoms with Crippen LogP contribution in [0.25, 0.3) is 11.3 Å². The van der Waals surface area contributed by atoms with Crippen molar-refractivity contribution >= 4 is 28.9 Å². The van der Waals surface area contributed by atoms with Crippen LogP contribution in [0, 0.1) is 0 Å². The minimum atomic E-state index is 0.200. The molecule has 0 amide bonds. The number of anilines is 1. The summed E-state index contributed by atoms with van der Waals surface area (Å²) < 4.78 is 0. The van der Waals surface area contributed by atoms with E-state index in [1.807, 2.05) is 18.2 Å². The molecule has 0 spiro atoms. The van der Waals surface area contributed by atoms with E-state index < -0.39 is 0 Å². The highest BCUT2D eigenvalue weighted by Crippen LogP contribution is 2.27. The summed E-state index contributed by atoms with van der Waals surface area (Å²) in [5.41, 5.74) is 7.42. The summed E-state index contributed by atoms with van der Waals surface area (Å²) in [6.45, 7) is 0. The van der Waals surface area contributed by atoms with E-state index in [4.69, 9.17) is 28.9 Å². The number of nitrogen functional groups attached to an aromatic ring is 1. The number of nitrogens with zero attached hydrogens (tertiary/aromatic N) is 2. The number of nitrogens with two attached hydrogens (primary N) is 1. The maximum absolute atomic E-state index is 6.01. The molecule has 0 aliphatic rings. The van der Waals surface area contributed by atoms with Gasteiger partial charge in [-0.25, -0.2) is 0 Å². The van der Waals surface area contributed by atoms with Crippen molar-refractivity contribution in [2.24, 2.45) is 0 Å². The largest absolute Gasteiger partial charge is 0.396 e. The molecular weight excluding hydrogens is 233 g/mol. The Hall–Kier alpha value is -1.32. The standard InChI is InChI=1S/C10H7Cl2N3/c11-7-4-2-1-3-6(7)9-5-8(13)10(12)15-14-9/h1-5H,(H2,13,14). The number of rotatable bonds is 1. The second-order valence-corrected chi connectivity index (χ2v) is 3.72. The topological polar surface area (TPSA) is 51.8 Å². The molecule has 2 N–H and O–H groups in total. The molecule has 0 saturated carbocycles. The molecule has 3 nitrogen and oxygen atoms in total. The van der Waals surface area contributed by atoms with Crippen LogP contribution in [0.1, 0.15) is 0 Å². The Bertz CT molecular complexity index is 500. The summed E-state index contributed by atoms with van der Waals surface area (Å²) in [6, 6.07) is 8.99. The van der Waals surface area contributed by atoms with Gasteiger partial charge in [-0.2, -0.15) is 0 Å². The lowest BCUT2D eigenvalue weighted by molar-refractivity contribution is 1.04. The molecule has 2 rings (SSSR count). The zero-order valence-electron chi connectivity index (χ0n) is 7.61. The average molecular weight is 240 g/mol. The Morgan fingerprint density at radius 2 is 1.80 bits per heavy atom. The van der Waals surface area contributed by atoms with Crippen LogP contribution in [0.4, 0.5) is 5.69 Å². The van der Waals surface area contributed by atoms with E-state index in [2.05, 4.69) is 10.2 Å². The molecule has 0 unspecified atom stereocenters. The van der Waals surface area contributed by atoms with E-state index in [0.717, 1.165) is 5.56 Å². The van der Waals surface area contributed by atoms with Gasteiger partial charge in [-0.1, -0.05) is 41.4 Å². The van der Waals surface area contributed by atoms with Crippen molar-refractivity contribution in [1.82, 2.24) is 10.2 Å². The third kappa shape index (κ3) is 2.03. The van der Waals surface area contributed by atoms with Crippen LogP contribution in [0.2, 0.25) is 10.2 Å². The molecule has 0 bridgehead atoms. The molecule has 0 saturated heterocycles. The molecule has 0 aliphatic carbocycles.